The first-order chi connectivity index (χ1) is 12.5. The lowest BCUT2D eigenvalue weighted by atomic mass is 10.3. The van der Waals surface area contributed by atoms with Gasteiger partial charge in [-0.15, -0.1) is 0 Å². The van der Waals surface area contributed by atoms with Gasteiger partial charge in [0.05, 0.1) is 31.5 Å². The molecule has 2 aromatic carbocycles. The van der Waals surface area contributed by atoms with Crippen molar-refractivity contribution in [1.82, 2.24) is 9.47 Å². The number of rotatable bonds is 6. The smallest absolute Gasteiger partial charge is 0.421 e. The number of carbonyl (C=O) groups is 1. The maximum absolute atomic E-state index is 12.3. The molecule has 0 saturated carbocycles. The average Bonchev–Trinajstić information content (AvgIpc) is 2.90. The van der Waals surface area contributed by atoms with Crippen molar-refractivity contribution in [2.45, 2.75) is 6.67 Å². The molecule has 0 saturated heterocycles. The van der Waals surface area contributed by atoms with Gasteiger partial charge in [-0.3, -0.25) is 14.3 Å². The first kappa shape index (κ1) is 18.0. The third-order valence-corrected chi connectivity index (χ3v) is 4.04. The predicted octanol–water partition coefficient (Wildman–Crippen LogP) is 2.78. The van der Waals surface area contributed by atoms with Crippen LogP contribution < -0.4 is 15.8 Å². The fourth-order valence-corrected chi connectivity index (χ4v) is 2.82. The van der Waals surface area contributed by atoms with Crippen LogP contribution in [0.4, 0.5) is 5.69 Å². The van der Waals surface area contributed by atoms with E-state index in [1.54, 1.807) is 48.3 Å². The minimum absolute atomic E-state index is 0.0710. The second-order valence-electron chi connectivity index (χ2n) is 5.81. The lowest BCUT2D eigenvalue weighted by Crippen LogP contribution is -2.34. The molecule has 0 radical (unpaired) electrons. The summed E-state index contributed by atoms with van der Waals surface area (Å²) in [6.45, 7) is 0.289. The number of nitrogens with one attached hydrogen (secondary N) is 1. The summed E-state index contributed by atoms with van der Waals surface area (Å²) in [5.41, 5.74) is 1.68. The zero-order chi connectivity index (χ0) is 18.7. The molecule has 7 nitrogen and oxygen atoms in total. The Hall–Kier alpha value is -2.77. The van der Waals surface area contributed by atoms with Crippen LogP contribution in [0.3, 0.4) is 0 Å². The van der Waals surface area contributed by atoms with Crippen LogP contribution in [-0.2, 0) is 11.5 Å². The number of likely N-dealkylation sites (N-methyl/N-ethyl adjacent to an activating group) is 1. The summed E-state index contributed by atoms with van der Waals surface area (Å²) < 4.78 is 11.9. The van der Waals surface area contributed by atoms with Gasteiger partial charge in [0.15, 0.2) is 5.58 Å². The van der Waals surface area contributed by atoms with Crippen LogP contribution in [-0.4, -0.2) is 36.1 Å². The number of benzene rings is 2. The molecule has 1 amide bonds. The van der Waals surface area contributed by atoms with Crippen LogP contribution in [0.25, 0.3) is 11.1 Å². The highest BCUT2D eigenvalue weighted by molar-refractivity contribution is 6.31. The number of halogens is 1. The van der Waals surface area contributed by atoms with Gasteiger partial charge in [-0.1, -0.05) is 23.7 Å². The molecule has 3 rings (SSSR count). The van der Waals surface area contributed by atoms with Gasteiger partial charge in [-0.25, -0.2) is 4.79 Å². The second kappa shape index (κ2) is 7.63. The van der Waals surface area contributed by atoms with Crippen molar-refractivity contribution in [3.05, 3.63) is 58.0 Å². The summed E-state index contributed by atoms with van der Waals surface area (Å²) in [5, 5.41) is 3.26. The molecule has 0 aliphatic heterocycles. The third-order valence-electron chi connectivity index (χ3n) is 3.81. The van der Waals surface area contributed by atoms with E-state index >= 15 is 0 Å². The fourth-order valence-electron chi connectivity index (χ4n) is 2.65. The van der Waals surface area contributed by atoms with Crippen molar-refractivity contribution in [2.24, 2.45) is 0 Å². The van der Waals surface area contributed by atoms with Crippen molar-refractivity contribution >= 4 is 34.3 Å². The van der Waals surface area contributed by atoms with E-state index in [0.717, 1.165) is 0 Å². The Morgan fingerprint density at radius 3 is 2.85 bits per heavy atom. The molecule has 0 spiro atoms. The second-order valence-corrected chi connectivity index (χ2v) is 6.25. The number of carbonyl (C=O) groups excluding carboxylic acids is 1. The monoisotopic (exact) mass is 375 g/mol. The average molecular weight is 376 g/mol. The van der Waals surface area contributed by atoms with Crippen LogP contribution in [0, 0.1) is 0 Å². The van der Waals surface area contributed by atoms with Gasteiger partial charge in [-0.05, 0) is 37.4 Å². The number of amides is 1. The van der Waals surface area contributed by atoms with E-state index in [2.05, 4.69) is 5.32 Å². The molecule has 26 heavy (non-hydrogen) atoms. The van der Waals surface area contributed by atoms with Crippen molar-refractivity contribution in [3.63, 3.8) is 0 Å². The largest absolute Gasteiger partial charge is 0.495 e. The van der Waals surface area contributed by atoms with Gasteiger partial charge in [0, 0.05) is 5.02 Å². The molecule has 0 unspecified atom stereocenters. The Labute approximate surface area is 154 Å². The van der Waals surface area contributed by atoms with E-state index in [4.69, 9.17) is 20.8 Å². The maximum Gasteiger partial charge on any atom is 0.421 e. The number of methoxy groups -OCH3 is 1. The standard InChI is InChI=1S/C18H18ClN3O4/c1-21(11-22-14-5-3-4-6-16(14)26-18(22)24)10-17(23)20-13-9-12(19)7-8-15(13)25-2/h3-9H,10-11H2,1-2H3,(H,20,23). The molecule has 0 atom stereocenters. The van der Waals surface area contributed by atoms with Crippen LogP contribution in [0.5, 0.6) is 5.75 Å². The third kappa shape index (κ3) is 3.89. The Bertz CT molecular complexity index is 996. The van der Waals surface area contributed by atoms with Gasteiger partial charge < -0.3 is 14.5 Å². The van der Waals surface area contributed by atoms with E-state index < -0.39 is 5.76 Å². The Kier molecular flexibility index (Phi) is 5.29. The predicted molar refractivity (Wildman–Crippen MR) is 99.7 cm³/mol. The summed E-state index contributed by atoms with van der Waals surface area (Å²) in [5.74, 6) is -0.202. The van der Waals surface area contributed by atoms with Crippen molar-refractivity contribution in [2.75, 3.05) is 26.0 Å². The van der Waals surface area contributed by atoms with Gasteiger partial charge in [-0.2, -0.15) is 0 Å². The van der Waals surface area contributed by atoms with Crippen molar-refractivity contribution < 1.29 is 13.9 Å². The molecular weight excluding hydrogens is 358 g/mol. The lowest BCUT2D eigenvalue weighted by molar-refractivity contribution is -0.117. The van der Waals surface area contributed by atoms with E-state index in [0.29, 0.717) is 27.6 Å². The Balaban J connectivity index is 1.69. The lowest BCUT2D eigenvalue weighted by Gasteiger charge is -2.17. The molecule has 0 fully saturated rings. The molecule has 0 aliphatic rings. The van der Waals surface area contributed by atoms with E-state index in [1.807, 2.05) is 6.07 Å². The van der Waals surface area contributed by atoms with E-state index in [1.165, 1.54) is 11.7 Å². The molecule has 1 aromatic heterocycles. The van der Waals surface area contributed by atoms with Crippen molar-refractivity contribution in [3.8, 4) is 5.75 Å². The summed E-state index contributed by atoms with van der Waals surface area (Å²) >= 11 is 5.96. The molecular formula is C18H18ClN3O4. The van der Waals surface area contributed by atoms with Crippen LogP contribution in [0.1, 0.15) is 0 Å². The van der Waals surface area contributed by atoms with E-state index in [-0.39, 0.29) is 19.1 Å². The number of para-hydroxylation sites is 2. The normalized spacial score (nSPS) is 11.1. The van der Waals surface area contributed by atoms with Gasteiger partial charge >= 0.3 is 5.76 Å². The summed E-state index contributed by atoms with van der Waals surface area (Å²) in [7, 11) is 3.25. The Morgan fingerprint density at radius 2 is 2.08 bits per heavy atom. The number of oxazole rings is 1. The van der Waals surface area contributed by atoms with Gasteiger partial charge in [0.2, 0.25) is 5.91 Å². The van der Waals surface area contributed by atoms with Crippen LogP contribution >= 0.6 is 11.6 Å². The summed E-state index contributed by atoms with van der Waals surface area (Å²) in [6.07, 6.45) is 0. The minimum Gasteiger partial charge on any atom is -0.495 e. The summed E-state index contributed by atoms with van der Waals surface area (Å²) in [6, 6.07) is 12.1. The van der Waals surface area contributed by atoms with Crippen molar-refractivity contribution in [1.29, 1.82) is 0 Å². The summed E-state index contributed by atoms with van der Waals surface area (Å²) in [4.78, 5) is 26.0. The number of fused-ring (bicyclic) bond motifs is 1. The zero-order valence-corrected chi connectivity index (χ0v) is 15.1. The number of aromatic nitrogens is 1. The molecule has 0 aliphatic carbocycles. The number of nitrogens with zero attached hydrogens (tertiary/aromatic N) is 2. The first-order valence-electron chi connectivity index (χ1n) is 7.88. The Morgan fingerprint density at radius 1 is 1.31 bits per heavy atom. The molecule has 1 heterocycles. The highest BCUT2D eigenvalue weighted by Gasteiger charge is 2.14. The highest BCUT2D eigenvalue weighted by atomic mass is 35.5. The SMILES string of the molecule is COc1ccc(Cl)cc1NC(=O)CN(C)Cn1c(=O)oc2ccccc21. The molecule has 8 heteroatoms. The zero-order valence-electron chi connectivity index (χ0n) is 14.4. The van der Waals surface area contributed by atoms with Gasteiger partial charge in [0.25, 0.3) is 0 Å². The van der Waals surface area contributed by atoms with E-state index in [9.17, 15) is 9.59 Å². The maximum atomic E-state index is 12.3. The molecule has 3 aromatic rings. The number of anilines is 1. The molecule has 136 valence electrons. The number of ether oxygens (including phenoxy) is 1. The molecule has 1 N–H and O–H groups in total. The fraction of sp³-hybridized carbons (Fsp3) is 0.222. The minimum atomic E-state index is -0.463. The van der Waals surface area contributed by atoms with Gasteiger partial charge in [0.1, 0.15) is 5.75 Å². The number of hydrogen-bond acceptors (Lipinski definition) is 5. The topological polar surface area (TPSA) is 76.7 Å². The molecule has 0 bridgehead atoms. The van der Waals surface area contributed by atoms with Crippen LogP contribution in [0.15, 0.2) is 51.7 Å². The van der Waals surface area contributed by atoms with Crippen LogP contribution in [0.2, 0.25) is 5.02 Å². The first-order valence-corrected chi connectivity index (χ1v) is 8.26. The quantitative estimate of drug-likeness (QED) is 0.717. The number of hydrogen-bond donors (Lipinski definition) is 1. The highest BCUT2D eigenvalue weighted by Crippen LogP contribution is 2.27.